The van der Waals surface area contributed by atoms with Gasteiger partial charge in [-0.1, -0.05) is 55.7 Å². The lowest BCUT2D eigenvalue weighted by molar-refractivity contribution is 0.0939. The molecule has 0 fully saturated rings. The maximum absolute atomic E-state index is 13.9. The third-order valence-corrected chi connectivity index (χ3v) is 5.65. The van der Waals surface area contributed by atoms with Crippen molar-refractivity contribution in [1.82, 2.24) is 24.6 Å². The van der Waals surface area contributed by atoms with E-state index in [1.165, 1.54) is 21.5 Å². The van der Waals surface area contributed by atoms with Crippen molar-refractivity contribution in [3.8, 4) is 17.5 Å². The molecule has 3 N–H and O–H groups in total. The van der Waals surface area contributed by atoms with Crippen LogP contribution in [0, 0.1) is 11.8 Å². The van der Waals surface area contributed by atoms with E-state index in [0.717, 1.165) is 0 Å². The van der Waals surface area contributed by atoms with E-state index in [1.807, 2.05) is 49.4 Å². The summed E-state index contributed by atoms with van der Waals surface area (Å²) in [7, 11) is 1.64. The highest BCUT2D eigenvalue weighted by molar-refractivity contribution is 6.03. The SMILES string of the molecule is C=C/C=N\c1c(C(=O)NC(C)c2nc3cccc(C#CCC)c3c(=O)n2-c2ccccc2)c(N)nn1C. The number of allylic oxidation sites excluding steroid dienone is 1. The van der Waals surface area contributed by atoms with Crippen LogP contribution >= 0.6 is 0 Å². The molecule has 0 saturated carbocycles. The number of nitrogens with one attached hydrogen (secondary N) is 1. The first-order chi connectivity index (χ1) is 17.9. The second-order valence-corrected chi connectivity index (χ2v) is 8.22. The molecule has 0 aliphatic rings. The highest BCUT2D eigenvalue weighted by Gasteiger charge is 2.25. The van der Waals surface area contributed by atoms with Crippen LogP contribution in [0.15, 0.2) is 71.0 Å². The van der Waals surface area contributed by atoms with Crippen LogP contribution in [-0.2, 0) is 7.05 Å². The summed E-state index contributed by atoms with van der Waals surface area (Å²) in [5, 5.41) is 7.46. The van der Waals surface area contributed by atoms with E-state index in [4.69, 9.17) is 10.7 Å². The van der Waals surface area contributed by atoms with Gasteiger partial charge in [-0.2, -0.15) is 5.10 Å². The fourth-order valence-corrected chi connectivity index (χ4v) is 4.01. The van der Waals surface area contributed by atoms with Gasteiger partial charge in [0.25, 0.3) is 11.5 Å². The van der Waals surface area contributed by atoms with Crippen LogP contribution in [0.5, 0.6) is 0 Å². The molecule has 9 heteroatoms. The fraction of sp³-hybridized carbons (Fsp3) is 0.179. The lowest BCUT2D eigenvalue weighted by Crippen LogP contribution is -2.33. The van der Waals surface area contributed by atoms with Crippen molar-refractivity contribution in [1.29, 1.82) is 0 Å². The van der Waals surface area contributed by atoms with Gasteiger partial charge in [-0.25, -0.2) is 14.7 Å². The number of nitrogens with zero attached hydrogens (tertiary/aromatic N) is 5. The third-order valence-electron chi connectivity index (χ3n) is 5.65. The number of nitrogen functional groups attached to an aromatic ring is 1. The molecule has 0 radical (unpaired) electrons. The number of hydrogen-bond acceptors (Lipinski definition) is 6. The second kappa shape index (κ2) is 10.7. The smallest absolute Gasteiger partial charge is 0.267 e. The Morgan fingerprint density at radius 2 is 2.00 bits per heavy atom. The normalized spacial score (nSPS) is 11.8. The molecular formula is C28H27N7O2. The molecule has 4 aromatic rings. The van der Waals surface area contributed by atoms with Crippen molar-refractivity contribution in [3.05, 3.63) is 88.5 Å². The highest BCUT2D eigenvalue weighted by atomic mass is 16.2. The number of para-hydroxylation sites is 1. The standard InChI is InChI=1S/C28H27N7O2/c1-5-7-12-19-13-11-16-21-22(19)28(37)35(20-14-9-8-10-15-20)25(32-21)18(3)31-27(36)23-24(29)33-34(4)26(23)30-17-6-2/h6,8-11,13-18H,2,5H2,1,3-4H3,(H2,29,33)(H,31,36)/b30-17-. The van der Waals surface area contributed by atoms with E-state index in [-0.39, 0.29) is 22.8 Å². The Balaban J connectivity index is 1.87. The van der Waals surface area contributed by atoms with Gasteiger partial charge in [-0.05, 0) is 31.2 Å². The highest BCUT2D eigenvalue weighted by Crippen LogP contribution is 2.26. The second-order valence-electron chi connectivity index (χ2n) is 8.22. The topological polar surface area (TPSA) is 120 Å². The van der Waals surface area contributed by atoms with Crippen LogP contribution in [0.2, 0.25) is 0 Å². The predicted molar refractivity (Wildman–Crippen MR) is 146 cm³/mol. The van der Waals surface area contributed by atoms with E-state index < -0.39 is 11.9 Å². The average molecular weight is 494 g/mol. The molecule has 0 bridgehead atoms. The van der Waals surface area contributed by atoms with Crippen LogP contribution in [0.1, 0.15) is 48.1 Å². The molecule has 0 spiro atoms. The molecule has 4 rings (SSSR count). The predicted octanol–water partition coefficient (Wildman–Crippen LogP) is 3.84. The Morgan fingerprint density at radius 3 is 2.70 bits per heavy atom. The first-order valence-corrected chi connectivity index (χ1v) is 11.8. The summed E-state index contributed by atoms with van der Waals surface area (Å²) in [4.78, 5) is 36.3. The molecule has 0 aliphatic carbocycles. The maximum atomic E-state index is 13.9. The minimum atomic E-state index is -0.675. The van der Waals surface area contributed by atoms with Gasteiger partial charge >= 0.3 is 0 Å². The van der Waals surface area contributed by atoms with Crippen LogP contribution in [0.4, 0.5) is 11.6 Å². The third kappa shape index (κ3) is 4.90. The Labute approximate surface area is 214 Å². The molecule has 186 valence electrons. The number of hydrogen-bond donors (Lipinski definition) is 2. The first kappa shape index (κ1) is 25.1. The van der Waals surface area contributed by atoms with Gasteiger partial charge in [-0.3, -0.25) is 14.2 Å². The van der Waals surface area contributed by atoms with Crippen LogP contribution < -0.4 is 16.6 Å². The van der Waals surface area contributed by atoms with Crippen molar-refractivity contribution >= 4 is 34.7 Å². The molecule has 2 aromatic carbocycles. The summed E-state index contributed by atoms with van der Waals surface area (Å²) in [6.07, 6.45) is 3.60. The lowest BCUT2D eigenvalue weighted by atomic mass is 10.1. The molecule has 2 aromatic heterocycles. The number of carbonyl (C=O) groups is 1. The van der Waals surface area contributed by atoms with E-state index in [0.29, 0.717) is 34.4 Å². The zero-order valence-corrected chi connectivity index (χ0v) is 20.9. The maximum Gasteiger partial charge on any atom is 0.267 e. The Morgan fingerprint density at radius 1 is 1.24 bits per heavy atom. The summed E-state index contributed by atoms with van der Waals surface area (Å²) in [5.74, 6) is 6.29. The van der Waals surface area contributed by atoms with Gasteiger partial charge in [0.05, 0.1) is 22.6 Å². The van der Waals surface area contributed by atoms with E-state index in [1.54, 1.807) is 20.0 Å². The molecule has 1 amide bonds. The number of aryl methyl sites for hydroxylation is 1. The molecule has 1 unspecified atom stereocenters. The van der Waals surface area contributed by atoms with Crippen molar-refractivity contribution in [2.75, 3.05) is 5.73 Å². The summed E-state index contributed by atoms with van der Waals surface area (Å²) in [6.45, 7) is 7.31. The van der Waals surface area contributed by atoms with Crippen LogP contribution in [0.3, 0.4) is 0 Å². The lowest BCUT2D eigenvalue weighted by Gasteiger charge is -2.20. The van der Waals surface area contributed by atoms with Crippen molar-refractivity contribution in [3.63, 3.8) is 0 Å². The number of anilines is 1. The molecule has 9 nitrogen and oxygen atoms in total. The molecule has 37 heavy (non-hydrogen) atoms. The average Bonchev–Trinajstić information content (AvgIpc) is 3.18. The number of nitrogens with two attached hydrogens (primary N) is 1. The molecular weight excluding hydrogens is 466 g/mol. The first-order valence-electron chi connectivity index (χ1n) is 11.8. The zero-order valence-electron chi connectivity index (χ0n) is 20.9. The number of fused-ring (bicyclic) bond motifs is 1. The van der Waals surface area contributed by atoms with Crippen molar-refractivity contribution in [2.45, 2.75) is 26.3 Å². The number of aliphatic imine (C=N–C) groups is 1. The Bertz CT molecular complexity index is 1640. The quantitative estimate of drug-likeness (QED) is 0.312. The van der Waals surface area contributed by atoms with E-state index in [2.05, 4.69) is 33.8 Å². The number of carbonyl (C=O) groups excluding carboxylic acids is 1. The van der Waals surface area contributed by atoms with Gasteiger partial charge in [0.1, 0.15) is 11.4 Å². The minimum Gasteiger partial charge on any atom is -0.381 e. The summed E-state index contributed by atoms with van der Waals surface area (Å²) in [6, 6.07) is 13.9. The number of rotatable bonds is 6. The van der Waals surface area contributed by atoms with Gasteiger partial charge < -0.3 is 11.1 Å². The largest absolute Gasteiger partial charge is 0.381 e. The molecule has 2 heterocycles. The minimum absolute atomic E-state index is 0.0365. The van der Waals surface area contributed by atoms with E-state index >= 15 is 0 Å². The van der Waals surface area contributed by atoms with Crippen LogP contribution in [0.25, 0.3) is 16.6 Å². The molecule has 0 saturated heterocycles. The van der Waals surface area contributed by atoms with Crippen LogP contribution in [-0.4, -0.2) is 31.5 Å². The van der Waals surface area contributed by atoms with E-state index in [9.17, 15) is 9.59 Å². The molecule has 0 aliphatic heterocycles. The van der Waals surface area contributed by atoms with Gasteiger partial charge in [0.2, 0.25) is 0 Å². The van der Waals surface area contributed by atoms with Gasteiger partial charge in [-0.15, -0.1) is 0 Å². The van der Waals surface area contributed by atoms with Crippen molar-refractivity contribution < 1.29 is 4.79 Å². The van der Waals surface area contributed by atoms with Gasteiger partial charge in [0.15, 0.2) is 11.6 Å². The Hall–Kier alpha value is -4.97. The Kier molecular flexibility index (Phi) is 7.30. The summed E-state index contributed by atoms with van der Waals surface area (Å²) in [5.41, 5.74) is 7.60. The van der Waals surface area contributed by atoms with Gasteiger partial charge in [0, 0.05) is 25.2 Å². The number of amides is 1. The monoisotopic (exact) mass is 493 g/mol. The summed E-state index contributed by atoms with van der Waals surface area (Å²) < 4.78 is 2.93. The fourth-order valence-electron chi connectivity index (χ4n) is 4.01. The number of benzene rings is 2. The zero-order chi connectivity index (χ0) is 26.5. The summed E-state index contributed by atoms with van der Waals surface area (Å²) >= 11 is 0. The van der Waals surface area contributed by atoms with Crippen molar-refractivity contribution in [2.24, 2.45) is 12.0 Å². The number of aromatic nitrogens is 4. The molecule has 1 atom stereocenters.